The molecule has 0 radical (unpaired) electrons. The Hall–Kier alpha value is -2.25. The molecule has 0 aliphatic rings. The average molecular weight is 365 g/mol. The van der Waals surface area contributed by atoms with E-state index in [0.29, 0.717) is 17.2 Å². The van der Waals surface area contributed by atoms with Crippen molar-refractivity contribution in [3.8, 4) is 17.2 Å². The van der Waals surface area contributed by atoms with Gasteiger partial charge in [0.05, 0.1) is 19.1 Å². The van der Waals surface area contributed by atoms with Gasteiger partial charge in [-0.05, 0) is 55.3 Å². The van der Waals surface area contributed by atoms with Gasteiger partial charge >= 0.3 is 0 Å². The van der Waals surface area contributed by atoms with Gasteiger partial charge in [-0.3, -0.25) is 0 Å². The van der Waals surface area contributed by atoms with Gasteiger partial charge < -0.3 is 14.2 Å². The Morgan fingerprint density at radius 1 is 0.920 bits per heavy atom. The topological polar surface area (TPSA) is 73.9 Å². The molecule has 1 N–H and O–H groups in total. The van der Waals surface area contributed by atoms with Crippen molar-refractivity contribution in [3.63, 3.8) is 0 Å². The molecule has 7 heteroatoms. The van der Waals surface area contributed by atoms with E-state index in [0.717, 1.165) is 11.1 Å². The summed E-state index contributed by atoms with van der Waals surface area (Å²) < 4.78 is 43.2. The fourth-order valence-corrected chi connectivity index (χ4v) is 3.43. The Labute approximate surface area is 148 Å². The Kier molecular flexibility index (Phi) is 6.27. The molecule has 0 fully saturated rings. The highest BCUT2D eigenvalue weighted by Crippen LogP contribution is 2.27. The lowest BCUT2D eigenvalue weighted by atomic mass is 10.2. The van der Waals surface area contributed by atoms with Crippen LogP contribution in [0.4, 0.5) is 0 Å². The summed E-state index contributed by atoms with van der Waals surface area (Å²) in [5, 5.41) is 0. The first-order valence-corrected chi connectivity index (χ1v) is 9.27. The molecule has 6 nitrogen and oxygen atoms in total. The highest BCUT2D eigenvalue weighted by molar-refractivity contribution is 7.89. The largest absolute Gasteiger partial charge is 0.496 e. The van der Waals surface area contributed by atoms with E-state index in [1.807, 2.05) is 19.1 Å². The lowest BCUT2D eigenvalue weighted by molar-refractivity contribution is 0.298. The normalized spacial score (nSPS) is 11.2. The predicted molar refractivity (Wildman–Crippen MR) is 96.1 cm³/mol. The van der Waals surface area contributed by atoms with Crippen LogP contribution < -0.4 is 18.9 Å². The van der Waals surface area contributed by atoms with E-state index >= 15 is 0 Å². The minimum atomic E-state index is -3.60. The first kappa shape index (κ1) is 19.1. The maximum absolute atomic E-state index is 12.3. The number of hydrogen-bond acceptors (Lipinski definition) is 5. The van der Waals surface area contributed by atoms with Crippen LogP contribution in [0.15, 0.2) is 41.3 Å². The van der Waals surface area contributed by atoms with Crippen LogP contribution in [-0.2, 0) is 10.0 Å². The standard InChI is InChI=1S/C18H23NO5S/c1-13-5-7-17(18(11-13)23-4)24-10-9-19-25(20,21)15-6-8-16(22-3)14(2)12-15/h5-8,11-12,19H,9-10H2,1-4H3. The van der Waals surface area contributed by atoms with E-state index in [1.165, 1.54) is 6.07 Å². The van der Waals surface area contributed by atoms with E-state index in [1.54, 1.807) is 39.3 Å². The zero-order valence-electron chi connectivity index (χ0n) is 14.8. The van der Waals surface area contributed by atoms with Crippen LogP contribution in [-0.4, -0.2) is 35.8 Å². The van der Waals surface area contributed by atoms with E-state index in [9.17, 15) is 8.42 Å². The van der Waals surface area contributed by atoms with Gasteiger partial charge in [-0.15, -0.1) is 0 Å². The third-order valence-corrected chi connectivity index (χ3v) is 5.11. The van der Waals surface area contributed by atoms with Gasteiger partial charge in [0.2, 0.25) is 10.0 Å². The lowest BCUT2D eigenvalue weighted by Crippen LogP contribution is -2.28. The van der Waals surface area contributed by atoms with Crippen molar-refractivity contribution in [3.05, 3.63) is 47.5 Å². The number of aryl methyl sites for hydroxylation is 2. The summed E-state index contributed by atoms with van der Waals surface area (Å²) in [6.45, 7) is 4.08. The summed E-state index contributed by atoms with van der Waals surface area (Å²) in [4.78, 5) is 0.193. The van der Waals surface area contributed by atoms with Gasteiger partial charge in [-0.25, -0.2) is 13.1 Å². The molecule has 0 saturated heterocycles. The van der Waals surface area contributed by atoms with Crippen LogP contribution in [0.25, 0.3) is 0 Å². The summed E-state index contributed by atoms with van der Waals surface area (Å²) in [5.41, 5.74) is 1.81. The van der Waals surface area contributed by atoms with Crippen molar-refractivity contribution in [2.24, 2.45) is 0 Å². The number of benzene rings is 2. The second kappa shape index (κ2) is 8.22. The fourth-order valence-electron chi connectivity index (χ4n) is 2.33. The van der Waals surface area contributed by atoms with E-state index in [2.05, 4.69) is 4.72 Å². The maximum atomic E-state index is 12.3. The Bertz CT molecular complexity index is 833. The van der Waals surface area contributed by atoms with E-state index in [-0.39, 0.29) is 18.0 Å². The number of ether oxygens (including phenoxy) is 3. The van der Waals surface area contributed by atoms with E-state index < -0.39 is 10.0 Å². The number of rotatable bonds is 8. The fraction of sp³-hybridized carbons (Fsp3) is 0.333. The molecule has 0 heterocycles. The lowest BCUT2D eigenvalue weighted by Gasteiger charge is -2.12. The molecule has 0 bridgehead atoms. The van der Waals surface area contributed by atoms with E-state index in [4.69, 9.17) is 14.2 Å². The summed E-state index contributed by atoms with van der Waals surface area (Å²) in [6, 6.07) is 10.3. The molecule has 136 valence electrons. The minimum absolute atomic E-state index is 0.143. The number of methoxy groups -OCH3 is 2. The third kappa shape index (κ3) is 4.87. The second-order valence-electron chi connectivity index (χ2n) is 5.53. The number of sulfonamides is 1. The predicted octanol–water partition coefficient (Wildman–Crippen LogP) is 2.68. The average Bonchev–Trinajstić information content (AvgIpc) is 2.59. The highest BCUT2D eigenvalue weighted by atomic mass is 32.2. The zero-order valence-corrected chi connectivity index (χ0v) is 15.6. The van der Waals surface area contributed by atoms with Crippen molar-refractivity contribution >= 4 is 10.0 Å². The van der Waals surface area contributed by atoms with Gasteiger partial charge in [-0.1, -0.05) is 6.07 Å². The quantitative estimate of drug-likeness (QED) is 0.728. The van der Waals surface area contributed by atoms with Gasteiger partial charge in [0, 0.05) is 6.54 Å². The Morgan fingerprint density at radius 3 is 2.24 bits per heavy atom. The summed E-state index contributed by atoms with van der Waals surface area (Å²) >= 11 is 0. The van der Waals surface area contributed by atoms with Crippen LogP contribution in [0, 0.1) is 13.8 Å². The first-order chi connectivity index (χ1) is 11.9. The van der Waals surface area contributed by atoms with Crippen molar-refractivity contribution in [2.75, 3.05) is 27.4 Å². The van der Waals surface area contributed by atoms with Gasteiger partial charge in [0.25, 0.3) is 0 Å². The van der Waals surface area contributed by atoms with Crippen LogP contribution in [0.5, 0.6) is 17.2 Å². The monoisotopic (exact) mass is 365 g/mol. The summed E-state index contributed by atoms with van der Waals surface area (Å²) in [7, 11) is -0.489. The molecule has 2 aromatic rings. The van der Waals surface area contributed by atoms with Crippen molar-refractivity contribution in [1.29, 1.82) is 0 Å². The minimum Gasteiger partial charge on any atom is -0.496 e. The van der Waals surface area contributed by atoms with Crippen LogP contribution in [0.1, 0.15) is 11.1 Å². The van der Waals surface area contributed by atoms with Crippen molar-refractivity contribution in [2.45, 2.75) is 18.7 Å². The van der Waals surface area contributed by atoms with Crippen molar-refractivity contribution < 1.29 is 22.6 Å². The molecule has 25 heavy (non-hydrogen) atoms. The van der Waals surface area contributed by atoms with Gasteiger partial charge in [0.15, 0.2) is 11.5 Å². The zero-order chi connectivity index (χ0) is 18.4. The van der Waals surface area contributed by atoms with Crippen LogP contribution in [0.2, 0.25) is 0 Å². The molecule has 0 aromatic heterocycles. The molecular weight excluding hydrogens is 342 g/mol. The molecule has 0 atom stereocenters. The Balaban J connectivity index is 1.96. The maximum Gasteiger partial charge on any atom is 0.240 e. The third-order valence-electron chi connectivity index (χ3n) is 3.65. The smallest absolute Gasteiger partial charge is 0.240 e. The van der Waals surface area contributed by atoms with Crippen LogP contribution >= 0.6 is 0 Å². The number of nitrogens with one attached hydrogen (secondary N) is 1. The molecule has 2 rings (SSSR count). The summed E-state index contributed by atoms with van der Waals surface area (Å²) in [6.07, 6.45) is 0. The molecule has 0 unspecified atom stereocenters. The molecule has 0 aliphatic heterocycles. The molecular formula is C18H23NO5S. The first-order valence-electron chi connectivity index (χ1n) is 7.79. The molecule has 0 amide bonds. The van der Waals surface area contributed by atoms with Gasteiger partial charge in [-0.2, -0.15) is 0 Å². The second-order valence-corrected chi connectivity index (χ2v) is 7.30. The highest BCUT2D eigenvalue weighted by Gasteiger charge is 2.15. The molecule has 2 aromatic carbocycles. The summed E-state index contributed by atoms with van der Waals surface area (Å²) in [5.74, 6) is 1.84. The SMILES string of the molecule is COc1ccc(S(=O)(=O)NCCOc2ccc(C)cc2OC)cc1C. The van der Waals surface area contributed by atoms with Gasteiger partial charge in [0.1, 0.15) is 12.4 Å². The van der Waals surface area contributed by atoms with Crippen molar-refractivity contribution in [1.82, 2.24) is 4.72 Å². The molecule has 0 aliphatic carbocycles. The molecule has 0 spiro atoms. The molecule has 0 saturated carbocycles. The Morgan fingerprint density at radius 2 is 1.60 bits per heavy atom. The van der Waals surface area contributed by atoms with Crippen LogP contribution in [0.3, 0.4) is 0 Å². The number of hydrogen-bond donors (Lipinski definition) is 1.